The van der Waals surface area contributed by atoms with Crippen LogP contribution in [0.1, 0.15) is 26.6 Å². The summed E-state index contributed by atoms with van der Waals surface area (Å²) in [6.07, 6.45) is 0.942. The Bertz CT molecular complexity index is 333. The lowest BCUT2D eigenvalue weighted by Gasteiger charge is -1.97. The highest BCUT2D eigenvalue weighted by molar-refractivity contribution is 7.09. The Morgan fingerprint density at radius 1 is 1.50 bits per heavy atom. The molecule has 0 aliphatic carbocycles. The number of anilines is 1. The monoisotopic (exact) mass is 209 g/mol. The lowest BCUT2D eigenvalue weighted by molar-refractivity contribution is 0.627. The van der Waals surface area contributed by atoms with Gasteiger partial charge >= 0.3 is 0 Å². The van der Waals surface area contributed by atoms with Gasteiger partial charge in [-0.15, -0.1) is 5.92 Å². The summed E-state index contributed by atoms with van der Waals surface area (Å²) in [6.45, 7) is 6.80. The van der Waals surface area contributed by atoms with E-state index in [4.69, 9.17) is 0 Å². The molecule has 14 heavy (non-hydrogen) atoms. The first kappa shape index (κ1) is 11.0. The molecule has 0 bridgehead atoms. The van der Waals surface area contributed by atoms with E-state index in [0.717, 1.165) is 17.4 Å². The van der Waals surface area contributed by atoms with E-state index >= 15 is 0 Å². The highest BCUT2D eigenvalue weighted by Gasteiger charge is 2.04. The van der Waals surface area contributed by atoms with Gasteiger partial charge in [0.05, 0.1) is 6.54 Å². The van der Waals surface area contributed by atoms with Crippen LogP contribution in [0.2, 0.25) is 0 Å². The number of nitrogens with zero attached hydrogens (tertiary/aromatic N) is 2. The minimum absolute atomic E-state index is 0.605. The van der Waals surface area contributed by atoms with Crippen molar-refractivity contribution in [1.29, 1.82) is 0 Å². The van der Waals surface area contributed by atoms with Crippen molar-refractivity contribution in [2.45, 2.75) is 27.2 Å². The summed E-state index contributed by atoms with van der Waals surface area (Å²) in [5, 5.41) is 3.97. The van der Waals surface area contributed by atoms with E-state index in [1.54, 1.807) is 0 Å². The highest BCUT2D eigenvalue weighted by atomic mass is 32.1. The van der Waals surface area contributed by atoms with Crippen LogP contribution in [-0.2, 0) is 6.42 Å². The Hall–Kier alpha value is -1.08. The molecule has 1 rings (SSSR count). The van der Waals surface area contributed by atoms with Gasteiger partial charge in [-0.1, -0.05) is 19.8 Å². The average molecular weight is 209 g/mol. The fraction of sp³-hybridized carbons (Fsp3) is 0.600. The molecule has 0 atom stereocenters. The molecule has 0 aliphatic heterocycles. The van der Waals surface area contributed by atoms with Gasteiger partial charge < -0.3 is 5.32 Å². The van der Waals surface area contributed by atoms with E-state index in [-0.39, 0.29) is 0 Å². The molecule has 0 saturated carbocycles. The van der Waals surface area contributed by atoms with Crippen LogP contribution in [0.25, 0.3) is 0 Å². The molecule has 0 aromatic carbocycles. The SMILES string of the molecule is CC#CCNc1nc(CC(C)C)ns1. The summed E-state index contributed by atoms with van der Waals surface area (Å²) in [5.74, 6) is 7.28. The van der Waals surface area contributed by atoms with Crippen molar-refractivity contribution in [2.75, 3.05) is 11.9 Å². The Kier molecular flexibility index (Phi) is 4.41. The third-order valence-electron chi connectivity index (χ3n) is 1.56. The predicted octanol–water partition coefficient (Wildman–Crippen LogP) is 2.17. The number of nitrogens with one attached hydrogen (secondary N) is 1. The fourth-order valence-electron chi connectivity index (χ4n) is 0.982. The normalized spacial score (nSPS) is 9.71. The molecule has 0 unspecified atom stereocenters. The van der Waals surface area contributed by atoms with E-state index in [2.05, 4.69) is 40.4 Å². The number of hydrogen-bond acceptors (Lipinski definition) is 4. The summed E-state index contributed by atoms with van der Waals surface area (Å²) >= 11 is 1.40. The van der Waals surface area contributed by atoms with Crippen molar-refractivity contribution in [1.82, 2.24) is 9.36 Å². The largest absolute Gasteiger partial charge is 0.349 e. The van der Waals surface area contributed by atoms with Gasteiger partial charge in [0.25, 0.3) is 0 Å². The van der Waals surface area contributed by atoms with Gasteiger partial charge in [0.15, 0.2) is 0 Å². The standard InChI is InChI=1S/C10H15N3S/c1-4-5-6-11-10-12-9(13-14-10)7-8(2)3/h8H,6-7H2,1-3H3,(H,11,12,13). The number of hydrogen-bond donors (Lipinski definition) is 1. The molecule has 0 fully saturated rings. The lowest BCUT2D eigenvalue weighted by Crippen LogP contribution is -1.99. The Morgan fingerprint density at radius 3 is 2.93 bits per heavy atom. The summed E-state index contributed by atoms with van der Waals surface area (Å²) < 4.78 is 4.25. The molecule has 0 aliphatic rings. The van der Waals surface area contributed by atoms with E-state index in [0.29, 0.717) is 12.5 Å². The maximum atomic E-state index is 4.35. The third kappa shape index (κ3) is 3.75. The molecule has 4 heteroatoms. The Balaban J connectivity index is 2.45. The molecule has 1 aromatic heterocycles. The summed E-state index contributed by atoms with van der Waals surface area (Å²) in [6, 6.07) is 0. The van der Waals surface area contributed by atoms with Gasteiger partial charge in [0.1, 0.15) is 5.82 Å². The zero-order valence-corrected chi connectivity index (χ0v) is 9.61. The van der Waals surface area contributed by atoms with Crippen molar-refractivity contribution in [3.05, 3.63) is 5.82 Å². The average Bonchev–Trinajstić information content (AvgIpc) is 2.52. The van der Waals surface area contributed by atoms with Gasteiger partial charge in [-0.05, 0) is 12.8 Å². The van der Waals surface area contributed by atoms with Crippen molar-refractivity contribution < 1.29 is 0 Å². The van der Waals surface area contributed by atoms with Crippen molar-refractivity contribution in [3.8, 4) is 11.8 Å². The molecule has 1 N–H and O–H groups in total. The third-order valence-corrected chi connectivity index (χ3v) is 2.27. The number of rotatable bonds is 4. The zero-order valence-electron chi connectivity index (χ0n) is 8.79. The van der Waals surface area contributed by atoms with E-state index in [1.165, 1.54) is 11.5 Å². The molecule has 0 amide bonds. The van der Waals surface area contributed by atoms with Crippen LogP contribution in [0.3, 0.4) is 0 Å². The first-order valence-electron chi connectivity index (χ1n) is 4.68. The second-order valence-electron chi connectivity index (χ2n) is 3.39. The fourth-order valence-corrected chi connectivity index (χ4v) is 1.57. The molecule has 3 nitrogen and oxygen atoms in total. The minimum Gasteiger partial charge on any atom is -0.349 e. The summed E-state index contributed by atoms with van der Waals surface area (Å²) in [7, 11) is 0. The molecule has 1 aromatic rings. The summed E-state index contributed by atoms with van der Waals surface area (Å²) in [4.78, 5) is 4.35. The second kappa shape index (κ2) is 5.61. The molecular weight excluding hydrogens is 194 g/mol. The maximum Gasteiger partial charge on any atom is 0.203 e. The van der Waals surface area contributed by atoms with Gasteiger partial charge in [0, 0.05) is 18.0 Å². The predicted molar refractivity (Wildman–Crippen MR) is 60.4 cm³/mol. The maximum absolute atomic E-state index is 4.35. The molecule has 0 radical (unpaired) electrons. The zero-order chi connectivity index (χ0) is 10.4. The van der Waals surface area contributed by atoms with Crippen LogP contribution in [0.4, 0.5) is 5.13 Å². The van der Waals surface area contributed by atoms with Gasteiger partial charge in [-0.25, -0.2) is 4.98 Å². The second-order valence-corrected chi connectivity index (χ2v) is 4.15. The van der Waals surface area contributed by atoms with Crippen molar-refractivity contribution in [3.63, 3.8) is 0 Å². The first-order valence-corrected chi connectivity index (χ1v) is 5.45. The molecule has 0 spiro atoms. The minimum atomic E-state index is 0.605. The molecule has 1 heterocycles. The molecule has 76 valence electrons. The van der Waals surface area contributed by atoms with Crippen LogP contribution in [0.15, 0.2) is 0 Å². The van der Waals surface area contributed by atoms with Gasteiger partial charge in [-0.2, -0.15) is 4.37 Å². The van der Waals surface area contributed by atoms with Crippen LogP contribution >= 0.6 is 11.5 Å². The topological polar surface area (TPSA) is 37.8 Å². The quantitative estimate of drug-likeness (QED) is 0.772. The van der Waals surface area contributed by atoms with E-state index in [1.807, 2.05) is 6.92 Å². The van der Waals surface area contributed by atoms with Gasteiger partial charge in [0.2, 0.25) is 5.13 Å². The number of aromatic nitrogens is 2. The van der Waals surface area contributed by atoms with Crippen LogP contribution < -0.4 is 5.32 Å². The van der Waals surface area contributed by atoms with Crippen LogP contribution in [0.5, 0.6) is 0 Å². The molecular formula is C10H15N3S. The van der Waals surface area contributed by atoms with Crippen LogP contribution in [-0.4, -0.2) is 15.9 Å². The smallest absolute Gasteiger partial charge is 0.203 e. The lowest BCUT2D eigenvalue weighted by atomic mass is 10.1. The summed E-state index contributed by atoms with van der Waals surface area (Å²) in [5.41, 5.74) is 0. The van der Waals surface area contributed by atoms with Crippen LogP contribution in [0, 0.1) is 17.8 Å². The highest BCUT2D eigenvalue weighted by Crippen LogP contribution is 2.12. The van der Waals surface area contributed by atoms with Crippen molar-refractivity contribution >= 4 is 16.7 Å². The van der Waals surface area contributed by atoms with Crippen molar-refractivity contribution in [2.24, 2.45) is 5.92 Å². The Morgan fingerprint density at radius 2 is 2.29 bits per heavy atom. The van der Waals surface area contributed by atoms with Gasteiger partial charge in [-0.3, -0.25) is 0 Å². The molecule has 0 saturated heterocycles. The Labute approximate surface area is 89.1 Å². The first-order chi connectivity index (χ1) is 6.72. The van der Waals surface area contributed by atoms with E-state index in [9.17, 15) is 0 Å². The van der Waals surface area contributed by atoms with E-state index < -0.39 is 0 Å².